The molecular formula is C14H18N2OS. The van der Waals surface area contributed by atoms with Crippen molar-refractivity contribution in [3.8, 4) is 0 Å². The van der Waals surface area contributed by atoms with Crippen LogP contribution < -0.4 is 5.32 Å². The van der Waals surface area contributed by atoms with Crippen molar-refractivity contribution in [3.05, 3.63) is 35.4 Å². The van der Waals surface area contributed by atoms with E-state index in [2.05, 4.69) is 43.4 Å². The highest BCUT2D eigenvalue weighted by Crippen LogP contribution is 2.16. The molecule has 1 heterocycles. The first-order valence-corrected chi connectivity index (χ1v) is 6.70. The van der Waals surface area contributed by atoms with Crippen molar-refractivity contribution >= 4 is 23.2 Å². The Hall–Kier alpha value is -1.42. The molecule has 4 heteroatoms. The van der Waals surface area contributed by atoms with Gasteiger partial charge in [0.2, 0.25) is 5.91 Å². The first kappa shape index (κ1) is 13.0. The van der Waals surface area contributed by atoms with Crippen LogP contribution in [0.2, 0.25) is 0 Å². The van der Waals surface area contributed by atoms with Gasteiger partial charge in [0.15, 0.2) is 5.11 Å². The van der Waals surface area contributed by atoms with Crippen LogP contribution in [0.15, 0.2) is 24.3 Å². The van der Waals surface area contributed by atoms with E-state index in [0.29, 0.717) is 11.7 Å². The van der Waals surface area contributed by atoms with Crippen LogP contribution in [0.5, 0.6) is 0 Å². The molecule has 96 valence electrons. The number of hydrogen-bond donors (Lipinski definition) is 1. The lowest BCUT2D eigenvalue weighted by molar-refractivity contribution is -0.118. The van der Waals surface area contributed by atoms with Crippen LogP contribution in [-0.4, -0.2) is 28.5 Å². The number of amides is 1. The third kappa shape index (κ3) is 2.70. The zero-order valence-corrected chi connectivity index (χ0v) is 11.6. The summed E-state index contributed by atoms with van der Waals surface area (Å²) in [6.07, 6.45) is 1.95. The van der Waals surface area contributed by atoms with Crippen molar-refractivity contribution in [3.63, 3.8) is 0 Å². The lowest BCUT2D eigenvalue weighted by Gasteiger charge is -2.25. The third-order valence-corrected chi connectivity index (χ3v) is 3.70. The van der Waals surface area contributed by atoms with Crippen molar-refractivity contribution in [2.75, 3.05) is 6.54 Å². The summed E-state index contributed by atoms with van der Waals surface area (Å²) in [6.45, 7) is 4.66. The molecule has 1 aliphatic rings. The SMILES string of the molecule is CCc1ccccc1CC(C)N1CC(=O)NC1=S. The molecule has 1 unspecified atom stereocenters. The number of thiocarbonyl (C=S) groups is 1. The number of hydrogen-bond acceptors (Lipinski definition) is 2. The van der Waals surface area contributed by atoms with Crippen LogP contribution in [0, 0.1) is 0 Å². The van der Waals surface area contributed by atoms with Crippen molar-refractivity contribution in [2.45, 2.75) is 32.7 Å². The second kappa shape index (κ2) is 5.48. The van der Waals surface area contributed by atoms with Crippen LogP contribution in [0.1, 0.15) is 25.0 Å². The summed E-state index contributed by atoms with van der Waals surface area (Å²) in [5.74, 6) is -0.00405. The zero-order chi connectivity index (χ0) is 13.1. The quantitative estimate of drug-likeness (QED) is 0.841. The number of benzene rings is 1. The van der Waals surface area contributed by atoms with Gasteiger partial charge in [-0.05, 0) is 43.1 Å². The summed E-state index contributed by atoms with van der Waals surface area (Å²) in [7, 11) is 0. The molecule has 0 aromatic heterocycles. The molecule has 0 bridgehead atoms. The Kier molecular flexibility index (Phi) is 3.97. The Morgan fingerprint density at radius 3 is 2.61 bits per heavy atom. The molecule has 0 saturated carbocycles. The maximum Gasteiger partial charge on any atom is 0.245 e. The minimum absolute atomic E-state index is 0.00405. The lowest BCUT2D eigenvalue weighted by Crippen LogP contribution is -2.37. The number of nitrogens with one attached hydrogen (secondary N) is 1. The monoisotopic (exact) mass is 262 g/mol. The molecule has 1 aliphatic heterocycles. The van der Waals surface area contributed by atoms with Gasteiger partial charge in [-0.2, -0.15) is 0 Å². The first-order valence-electron chi connectivity index (χ1n) is 6.29. The predicted octanol–water partition coefficient (Wildman–Crippen LogP) is 1.90. The molecule has 1 atom stereocenters. The van der Waals surface area contributed by atoms with Gasteiger partial charge in [0.05, 0.1) is 6.54 Å². The van der Waals surface area contributed by atoms with Crippen LogP contribution >= 0.6 is 12.2 Å². The van der Waals surface area contributed by atoms with Gasteiger partial charge in [0.1, 0.15) is 0 Å². The summed E-state index contributed by atoms with van der Waals surface area (Å²) in [6, 6.07) is 8.69. The lowest BCUT2D eigenvalue weighted by atomic mass is 9.99. The van der Waals surface area contributed by atoms with E-state index in [-0.39, 0.29) is 11.9 Å². The summed E-state index contributed by atoms with van der Waals surface area (Å²) in [5, 5.41) is 3.24. The molecule has 1 fully saturated rings. The molecule has 0 spiro atoms. The smallest absolute Gasteiger partial charge is 0.245 e. The standard InChI is InChI=1S/C14H18N2OS/c1-3-11-6-4-5-7-12(11)8-10(2)16-9-13(17)15-14(16)18/h4-7,10H,3,8-9H2,1-2H3,(H,15,17,18). The van der Waals surface area contributed by atoms with Crippen LogP contribution in [0.3, 0.4) is 0 Å². The van der Waals surface area contributed by atoms with Gasteiger partial charge >= 0.3 is 0 Å². The summed E-state index contributed by atoms with van der Waals surface area (Å²) in [4.78, 5) is 13.3. The Bertz CT molecular complexity index is 473. The molecule has 2 rings (SSSR count). The van der Waals surface area contributed by atoms with Crippen LogP contribution in [0.4, 0.5) is 0 Å². The second-order valence-corrected chi connectivity index (χ2v) is 5.04. The highest BCUT2D eigenvalue weighted by Gasteiger charge is 2.27. The van der Waals surface area contributed by atoms with Crippen LogP contribution in [0.25, 0.3) is 0 Å². The van der Waals surface area contributed by atoms with E-state index in [9.17, 15) is 4.79 Å². The largest absolute Gasteiger partial charge is 0.337 e. The fourth-order valence-corrected chi connectivity index (χ4v) is 2.70. The van der Waals surface area contributed by atoms with Crippen LogP contribution in [-0.2, 0) is 17.6 Å². The summed E-state index contributed by atoms with van der Waals surface area (Å²) < 4.78 is 0. The Morgan fingerprint density at radius 1 is 1.39 bits per heavy atom. The van der Waals surface area contributed by atoms with Gasteiger partial charge in [0, 0.05) is 6.04 Å². The van der Waals surface area contributed by atoms with Gasteiger partial charge in [-0.1, -0.05) is 31.2 Å². The molecule has 1 amide bonds. The molecule has 1 aromatic rings. The molecular weight excluding hydrogens is 244 g/mol. The number of carbonyl (C=O) groups is 1. The van der Waals surface area contributed by atoms with Gasteiger partial charge < -0.3 is 10.2 Å². The zero-order valence-electron chi connectivity index (χ0n) is 10.8. The summed E-state index contributed by atoms with van der Waals surface area (Å²) >= 11 is 5.17. The third-order valence-electron chi connectivity index (χ3n) is 3.37. The van der Waals surface area contributed by atoms with E-state index in [1.54, 1.807) is 0 Å². The average Bonchev–Trinajstić information content (AvgIpc) is 2.69. The summed E-state index contributed by atoms with van der Waals surface area (Å²) in [5.41, 5.74) is 2.71. The first-order chi connectivity index (χ1) is 8.61. The normalized spacial score (nSPS) is 16.9. The maximum absolute atomic E-state index is 11.3. The van der Waals surface area contributed by atoms with E-state index in [1.165, 1.54) is 11.1 Å². The molecule has 0 aliphatic carbocycles. The van der Waals surface area contributed by atoms with Crippen molar-refractivity contribution in [2.24, 2.45) is 0 Å². The van der Waals surface area contributed by atoms with E-state index in [0.717, 1.165) is 12.8 Å². The fraction of sp³-hybridized carbons (Fsp3) is 0.429. The minimum atomic E-state index is -0.00405. The highest BCUT2D eigenvalue weighted by atomic mass is 32.1. The van der Waals surface area contributed by atoms with E-state index in [1.807, 2.05) is 4.90 Å². The molecule has 1 saturated heterocycles. The van der Waals surface area contributed by atoms with E-state index < -0.39 is 0 Å². The van der Waals surface area contributed by atoms with E-state index in [4.69, 9.17) is 12.2 Å². The molecule has 3 nitrogen and oxygen atoms in total. The number of carbonyl (C=O) groups excluding carboxylic acids is 1. The Morgan fingerprint density at radius 2 is 2.06 bits per heavy atom. The number of aryl methyl sites for hydroxylation is 1. The van der Waals surface area contributed by atoms with Gasteiger partial charge in [-0.3, -0.25) is 4.79 Å². The van der Waals surface area contributed by atoms with Gasteiger partial charge in [-0.25, -0.2) is 0 Å². The van der Waals surface area contributed by atoms with Crippen molar-refractivity contribution < 1.29 is 4.79 Å². The van der Waals surface area contributed by atoms with E-state index >= 15 is 0 Å². The maximum atomic E-state index is 11.3. The highest BCUT2D eigenvalue weighted by molar-refractivity contribution is 7.80. The molecule has 18 heavy (non-hydrogen) atoms. The second-order valence-electron chi connectivity index (χ2n) is 4.66. The predicted molar refractivity (Wildman–Crippen MR) is 76.4 cm³/mol. The fourth-order valence-electron chi connectivity index (χ4n) is 2.34. The van der Waals surface area contributed by atoms with Gasteiger partial charge in [-0.15, -0.1) is 0 Å². The number of rotatable bonds is 4. The van der Waals surface area contributed by atoms with Crippen molar-refractivity contribution in [1.29, 1.82) is 0 Å². The van der Waals surface area contributed by atoms with Gasteiger partial charge in [0.25, 0.3) is 0 Å². The average molecular weight is 262 g/mol. The Labute approximate surface area is 113 Å². The number of nitrogens with zero attached hydrogens (tertiary/aromatic N) is 1. The minimum Gasteiger partial charge on any atom is -0.337 e. The molecule has 1 N–H and O–H groups in total. The Balaban J connectivity index is 2.09. The topological polar surface area (TPSA) is 32.3 Å². The molecule has 1 aromatic carbocycles. The van der Waals surface area contributed by atoms with Crippen molar-refractivity contribution in [1.82, 2.24) is 10.2 Å². The molecule has 0 radical (unpaired) electrons.